The number of hydrogen-bond acceptors (Lipinski definition) is 5. The number of aliphatic imine (C=N–C) groups is 1. The summed E-state index contributed by atoms with van der Waals surface area (Å²) in [5, 5.41) is 9.47. The summed E-state index contributed by atoms with van der Waals surface area (Å²) in [5.41, 5.74) is 10.8. The van der Waals surface area contributed by atoms with Crippen LogP contribution >= 0.6 is 27.5 Å². The lowest BCUT2D eigenvalue weighted by molar-refractivity contribution is -0.134. The number of aromatic nitrogens is 1. The average molecular weight is 585 g/mol. The van der Waals surface area contributed by atoms with Crippen LogP contribution in [0.15, 0.2) is 39.9 Å². The summed E-state index contributed by atoms with van der Waals surface area (Å²) in [6.45, 7) is 4.49. The Kier molecular flexibility index (Phi) is 7.98. The van der Waals surface area contributed by atoms with Crippen LogP contribution in [0.25, 0.3) is 0 Å². The maximum atomic E-state index is 13.2. The van der Waals surface area contributed by atoms with Crippen molar-refractivity contribution in [3.8, 4) is 6.19 Å². The van der Waals surface area contributed by atoms with Gasteiger partial charge >= 0.3 is 0 Å². The van der Waals surface area contributed by atoms with Gasteiger partial charge in [-0.3, -0.25) is 14.7 Å². The summed E-state index contributed by atoms with van der Waals surface area (Å²) in [4.78, 5) is 28.1. The lowest BCUT2D eigenvalue weighted by Gasteiger charge is -2.40. The van der Waals surface area contributed by atoms with E-state index in [9.17, 15) is 4.79 Å². The third kappa shape index (κ3) is 5.77. The van der Waals surface area contributed by atoms with E-state index in [1.165, 1.54) is 16.7 Å². The van der Waals surface area contributed by atoms with Crippen LogP contribution in [0.5, 0.6) is 0 Å². The van der Waals surface area contributed by atoms with Crippen LogP contribution in [-0.4, -0.2) is 70.8 Å². The monoisotopic (exact) mass is 583 g/mol. The Bertz CT molecular complexity index is 1180. The number of likely N-dealkylation sites (tertiary alicyclic amines) is 1. The number of carbonyl (C=O) groups excluding carboxylic acids is 1. The Morgan fingerprint density at radius 1 is 1.11 bits per heavy atom. The fourth-order valence-corrected chi connectivity index (χ4v) is 6.45. The molecule has 37 heavy (non-hydrogen) atoms. The van der Waals surface area contributed by atoms with E-state index < -0.39 is 0 Å². The normalized spacial score (nSPS) is 21.1. The molecule has 2 saturated heterocycles. The van der Waals surface area contributed by atoms with Gasteiger partial charge in [0.2, 0.25) is 18.1 Å². The predicted octanol–water partition coefficient (Wildman–Crippen LogP) is 3.73. The minimum absolute atomic E-state index is 0.0555. The number of nitrogens with zero attached hydrogens (tertiary/aromatic N) is 6. The minimum atomic E-state index is 0.0555. The Morgan fingerprint density at radius 3 is 2.57 bits per heavy atom. The molecule has 2 fully saturated rings. The Morgan fingerprint density at radius 2 is 1.84 bits per heavy atom. The van der Waals surface area contributed by atoms with Crippen molar-refractivity contribution in [3.05, 3.63) is 62.3 Å². The van der Waals surface area contributed by atoms with Gasteiger partial charge in [0.25, 0.3) is 0 Å². The second kappa shape index (κ2) is 11.4. The number of piperidine rings is 1. The molecule has 5 rings (SSSR count). The van der Waals surface area contributed by atoms with Gasteiger partial charge < -0.3 is 15.5 Å². The summed E-state index contributed by atoms with van der Waals surface area (Å²) in [7, 11) is 0. The molecule has 1 unspecified atom stereocenters. The summed E-state index contributed by atoms with van der Waals surface area (Å²) in [6.07, 6.45) is 7.82. The first-order chi connectivity index (χ1) is 17.9. The van der Waals surface area contributed by atoms with Crippen molar-refractivity contribution in [2.45, 2.75) is 38.1 Å². The highest BCUT2D eigenvalue weighted by atomic mass is 79.9. The van der Waals surface area contributed by atoms with Crippen LogP contribution in [0.3, 0.4) is 0 Å². The van der Waals surface area contributed by atoms with Crippen molar-refractivity contribution in [1.29, 1.82) is 5.26 Å². The Hall–Kier alpha value is -2.67. The van der Waals surface area contributed by atoms with E-state index in [4.69, 9.17) is 27.6 Å². The molecule has 1 aromatic heterocycles. The molecular weight excluding hydrogens is 554 g/mol. The molecule has 3 aliphatic rings. The third-order valence-corrected chi connectivity index (χ3v) is 8.56. The second-order valence-electron chi connectivity index (χ2n) is 10.1. The molecule has 1 aromatic carbocycles. The molecule has 2 aliphatic heterocycles. The Balaban J connectivity index is 1.24. The standard InChI is InChI=1S/C27H31BrClN7O/c28-21-14-20-2-1-19-15-22(29)3-4-23(19)26(25(20)32-16-21)35-11-9-34(10-12-35)24(37)13-18-5-7-36(8-6-18)27(31)33-17-30/h3-4,14-16,18,26H,1-2,5-13H2,(H2,31,33). The number of amides is 1. The number of aryl methyl sites for hydroxylation is 2. The molecule has 2 aromatic rings. The zero-order valence-corrected chi connectivity index (χ0v) is 23.1. The zero-order chi connectivity index (χ0) is 25.9. The molecule has 8 nitrogen and oxygen atoms in total. The van der Waals surface area contributed by atoms with E-state index in [1.807, 2.05) is 22.1 Å². The maximum absolute atomic E-state index is 13.2. The number of benzene rings is 1. The largest absolute Gasteiger partial charge is 0.369 e. The SMILES string of the molecule is N#CN=C(N)N1CCC(CC(=O)N2CCN(C3c4ccc(Cl)cc4CCc4cc(Br)cnc43)CC2)CC1. The molecule has 10 heteroatoms. The first-order valence-corrected chi connectivity index (χ1v) is 14.0. The topological polar surface area (TPSA) is 102 Å². The molecule has 3 heterocycles. The van der Waals surface area contributed by atoms with Crippen LogP contribution in [-0.2, 0) is 17.6 Å². The molecule has 0 bridgehead atoms. The van der Waals surface area contributed by atoms with E-state index in [1.54, 1.807) is 6.19 Å². The van der Waals surface area contributed by atoms with Gasteiger partial charge in [-0.15, -0.1) is 4.99 Å². The molecule has 1 atom stereocenters. The zero-order valence-electron chi connectivity index (χ0n) is 20.7. The average Bonchev–Trinajstić information content (AvgIpc) is 3.05. The minimum Gasteiger partial charge on any atom is -0.369 e. The van der Waals surface area contributed by atoms with E-state index in [2.05, 4.69) is 44.0 Å². The van der Waals surface area contributed by atoms with E-state index in [0.717, 1.165) is 67.1 Å². The van der Waals surface area contributed by atoms with Crippen LogP contribution in [0.2, 0.25) is 5.02 Å². The summed E-state index contributed by atoms with van der Waals surface area (Å²) in [5.74, 6) is 0.839. The summed E-state index contributed by atoms with van der Waals surface area (Å²) in [6, 6.07) is 8.46. The second-order valence-corrected chi connectivity index (χ2v) is 11.4. The fraction of sp³-hybridized carbons (Fsp3) is 0.481. The van der Waals surface area contributed by atoms with Crippen molar-refractivity contribution in [3.63, 3.8) is 0 Å². The number of nitrogens with two attached hydrogens (primary N) is 1. The molecule has 1 amide bonds. The number of guanidine groups is 1. The molecule has 0 saturated carbocycles. The molecule has 194 valence electrons. The van der Waals surface area contributed by atoms with Gasteiger partial charge in [0, 0.05) is 61.4 Å². The van der Waals surface area contributed by atoms with Crippen LogP contribution in [0, 0.1) is 17.4 Å². The molecular formula is C27H31BrClN7O. The maximum Gasteiger partial charge on any atom is 0.222 e. The molecule has 1 aliphatic carbocycles. The van der Waals surface area contributed by atoms with Gasteiger partial charge in [-0.1, -0.05) is 17.7 Å². The highest BCUT2D eigenvalue weighted by Gasteiger charge is 2.34. The van der Waals surface area contributed by atoms with Crippen molar-refractivity contribution >= 4 is 39.4 Å². The number of rotatable bonds is 3. The number of nitriles is 1. The van der Waals surface area contributed by atoms with E-state index in [0.29, 0.717) is 25.4 Å². The highest BCUT2D eigenvalue weighted by molar-refractivity contribution is 9.10. The first kappa shape index (κ1) is 26.0. The van der Waals surface area contributed by atoms with Crippen LogP contribution < -0.4 is 5.73 Å². The molecule has 0 spiro atoms. The first-order valence-electron chi connectivity index (χ1n) is 12.8. The van der Waals surface area contributed by atoms with Gasteiger partial charge in [-0.25, -0.2) is 0 Å². The van der Waals surface area contributed by atoms with Gasteiger partial charge in [-0.2, -0.15) is 5.26 Å². The molecule has 2 N–H and O–H groups in total. The number of carbonyl (C=O) groups is 1. The van der Waals surface area contributed by atoms with Gasteiger partial charge in [0.1, 0.15) is 0 Å². The fourth-order valence-electron chi connectivity index (χ4n) is 5.88. The van der Waals surface area contributed by atoms with Crippen molar-refractivity contribution in [2.75, 3.05) is 39.3 Å². The lowest BCUT2D eigenvalue weighted by Crippen LogP contribution is -2.50. The number of pyridine rings is 1. The lowest BCUT2D eigenvalue weighted by atomic mass is 9.93. The van der Waals surface area contributed by atoms with Crippen molar-refractivity contribution in [2.24, 2.45) is 16.6 Å². The molecule has 0 radical (unpaired) electrons. The highest BCUT2D eigenvalue weighted by Crippen LogP contribution is 2.38. The van der Waals surface area contributed by atoms with Crippen molar-refractivity contribution in [1.82, 2.24) is 19.7 Å². The summed E-state index contributed by atoms with van der Waals surface area (Å²) >= 11 is 9.95. The quantitative estimate of drug-likeness (QED) is 0.335. The van der Waals surface area contributed by atoms with Crippen molar-refractivity contribution < 1.29 is 4.79 Å². The smallest absolute Gasteiger partial charge is 0.222 e. The number of piperazine rings is 1. The van der Waals surface area contributed by atoms with E-state index in [-0.39, 0.29) is 17.9 Å². The van der Waals surface area contributed by atoms with Gasteiger partial charge in [0.15, 0.2) is 0 Å². The predicted molar refractivity (Wildman–Crippen MR) is 147 cm³/mol. The number of fused-ring (bicyclic) bond motifs is 2. The summed E-state index contributed by atoms with van der Waals surface area (Å²) < 4.78 is 0.996. The van der Waals surface area contributed by atoms with Gasteiger partial charge in [-0.05, 0) is 82.4 Å². The van der Waals surface area contributed by atoms with E-state index >= 15 is 0 Å². The van der Waals surface area contributed by atoms with Gasteiger partial charge in [0.05, 0.1) is 11.7 Å². The van der Waals surface area contributed by atoms with Crippen LogP contribution in [0.4, 0.5) is 0 Å². The number of hydrogen-bond donors (Lipinski definition) is 1. The third-order valence-electron chi connectivity index (χ3n) is 7.89. The Labute approximate surface area is 231 Å². The number of halogens is 2. The van der Waals surface area contributed by atoms with Crippen LogP contribution in [0.1, 0.15) is 47.7 Å².